The molecule has 24 heavy (non-hydrogen) atoms. The number of ether oxygens (including phenoxy) is 2. The van der Waals surface area contributed by atoms with Crippen molar-refractivity contribution in [1.82, 2.24) is 0 Å². The number of amides is 1. The molecule has 0 radical (unpaired) electrons. The van der Waals surface area contributed by atoms with Crippen molar-refractivity contribution < 1.29 is 33.0 Å². The Labute approximate surface area is 138 Å². The second-order valence-electron chi connectivity index (χ2n) is 6.36. The molecule has 1 aromatic carbocycles. The maximum atomic E-state index is 13.4. The van der Waals surface area contributed by atoms with Crippen molar-refractivity contribution in [3.05, 3.63) is 29.8 Å². The topological polar surface area (TPSA) is 76.1 Å². The summed E-state index contributed by atoms with van der Waals surface area (Å²) in [6, 6.07) is 3.00. The average Bonchev–Trinajstić information content (AvgIpc) is 2.48. The van der Waals surface area contributed by atoms with E-state index in [-0.39, 0.29) is 18.8 Å². The first kappa shape index (κ1) is 18.3. The quantitative estimate of drug-likeness (QED) is 0.840. The Hall–Kier alpha value is -2.06. The van der Waals surface area contributed by atoms with E-state index in [0.717, 1.165) is 17.0 Å². The van der Waals surface area contributed by atoms with Gasteiger partial charge in [-0.2, -0.15) is 0 Å². The Kier molecular flexibility index (Phi) is 5.19. The Bertz CT molecular complexity index is 644. The fraction of sp³-hybridized carbons (Fsp3) is 0.500. The number of aliphatic hydroxyl groups is 1. The number of benzene rings is 1. The van der Waals surface area contributed by atoms with E-state index in [1.165, 1.54) is 6.07 Å². The van der Waals surface area contributed by atoms with E-state index in [1.54, 1.807) is 20.8 Å². The fourth-order valence-electron chi connectivity index (χ4n) is 2.23. The number of carbonyl (C=O) groups excluding carboxylic acids is 2. The first-order chi connectivity index (χ1) is 11.1. The van der Waals surface area contributed by atoms with E-state index < -0.39 is 41.3 Å². The van der Waals surface area contributed by atoms with Crippen LogP contribution in [-0.2, 0) is 19.1 Å². The molecule has 1 saturated heterocycles. The summed E-state index contributed by atoms with van der Waals surface area (Å²) in [4.78, 5) is 25.5. The Morgan fingerprint density at radius 1 is 1.38 bits per heavy atom. The lowest BCUT2D eigenvalue weighted by atomic mass is 10.1. The minimum Gasteiger partial charge on any atom is -0.458 e. The predicted octanol–water partition coefficient (Wildman–Crippen LogP) is 1.40. The van der Waals surface area contributed by atoms with Crippen molar-refractivity contribution in [1.29, 1.82) is 0 Å². The highest BCUT2D eigenvalue weighted by molar-refractivity contribution is 6.00. The molecule has 0 unspecified atom stereocenters. The van der Waals surface area contributed by atoms with Gasteiger partial charge in [-0.25, -0.2) is 13.6 Å². The number of carbonyl (C=O) groups is 2. The van der Waals surface area contributed by atoms with Crippen molar-refractivity contribution in [2.24, 2.45) is 0 Å². The van der Waals surface area contributed by atoms with Gasteiger partial charge in [0.15, 0.2) is 23.8 Å². The molecule has 2 atom stereocenters. The first-order valence-corrected chi connectivity index (χ1v) is 7.39. The molecule has 1 amide bonds. The molecule has 1 aliphatic rings. The summed E-state index contributed by atoms with van der Waals surface area (Å²) in [7, 11) is 0. The van der Waals surface area contributed by atoms with Crippen molar-refractivity contribution >= 4 is 17.6 Å². The highest BCUT2D eigenvalue weighted by atomic mass is 19.2. The molecule has 1 N–H and O–H groups in total. The number of rotatable bonds is 3. The molecule has 1 aliphatic heterocycles. The van der Waals surface area contributed by atoms with Crippen LogP contribution in [0.5, 0.6) is 0 Å². The maximum absolute atomic E-state index is 13.4. The van der Waals surface area contributed by atoms with Gasteiger partial charge in [-0.05, 0) is 32.9 Å². The lowest BCUT2D eigenvalue weighted by molar-refractivity contribution is -0.177. The van der Waals surface area contributed by atoms with E-state index in [4.69, 9.17) is 9.47 Å². The zero-order valence-electron chi connectivity index (χ0n) is 13.6. The smallest absolute Gasteiger partial charge is 0.338 e. The molecule has 6 nitrogen and oxygen atoms in total. The van der Waals surface area contributed by atoms with Crippen LogP contribution in [0.15, 0.2) is 18.2 Å². The van der Waals surface area contributed by atoms with Gasteiger partial charge in [0, 0.05) is 18.3 Å². The molecular weight excluding hydrogens is 324 g/mol. The summed E-state index contributed by atoms with van der Waals surface area (Å²) in [5, 5.41) is 10.1. The Morgan fingerprint density at radius 2 is 2.04 bits per heavy atom. The van der Waals surface area contributed by atoms with Crippen molar-refractivity contribution in [3.63, 3.8) is 0 Å². The van der Waals surface area contributed by atoms with E-state index in [1.807, 2.05) is 0 Å². The van der Waals surface area contributed by atoms with Gasteiger partial charge in [-0.3, -0.25) is 4.79 Å². The number of hydrogen-bond donors (Lipinski definition) is 1. The number of esters is 1. The summed E-state index contributed by atoms with van der Waals surface area (Å²) in [6.07, 6.45) is -3.29. The number of morpholine rings is 1. The van der Waals surface area contributed by atoms with Crippen molar-refractivity contribution in [2.45, 2.75) is 38.6 Å². The average molecular weight is 343 g/mol. The maximum Gasteiger partial charge on any atom is 0.338 e. The lowest BCUT2D eigenvalue weighted by Gasteiger charge is -2.34. The fourth-order valence-corrected chi connectivity index (χ4v) is 2.23. The second-order valence-corrected chi connectivity index (χ2v) is 6.36. The Balaban J connectivity index is 2.17. The van der Waals surface area contributed by atoms with Crippen LogP contribution in [0.2, 0.25) is 0 Å². The SMILES string of the molecule is CC(C)(C)OC(=O)[C@H](O)[C@H]1OCCN(c2ccc(F)c(F)c2)C1=O. The molecule has 1 heterocycles. The van der Waals surface area contributed by atoms with Crippen LogP contribution in [0, 0.1) is 11.6 Å². The van der Waals surface area contributed by atoms with E-state index in [2.05, 4.69) is 0 Å². The Morgan fingerprint density at radius 3 is 2.62 bits per heavy atom. The monoisotopic (exact) mass is 343 g/mol. The number of anilines is 1. The third-order valence-corrected chi connectivity index (χ3v) is 3.27. The minimum absolute atomic E-state index is 0.0231. The van der Waals surface area contributed by atoms with Gasteiger partial charge in [-0.15, -0.1) is 0 Å². The molecule has 1 aromatic rings. The molecule has 0 bridgehead atoms. The predicted molar refractivity (Wildman–Crippen MR) is 80.3 cm³/mol. The molecule has 132 valence electrons. The van der Waals surface area contributed by atoms with Crippen LogP contribution >= 0.6 is 0 Å². The van der Waals surface area contributed by atoms with Gasteiger partial charge in [-0.1, -0.05) is 0 Å². The van der Waals surface area contributed by atoms with Crippen LogP contribution < -0.4 is 4.90 Å². The summed E-state index contributed by atoms with van der Waals surface area (Å²) >= 11 is 0. The van der Waals surface area contributed by atoms with Gasteiger partial charge in [0.1, 0.15) is 5.60 Å². The third kappa shape index (κ3) is 4.07. The van der Waals surface area contributed by atoms with Crippen LogP contribution in [0.25, 0.3) is 0 Å². The van der Waals surface area contributed by atoms with Gasteiger partial charge >= 0.3 is 5.97 Å². The molecule has 0 spiro atoms. The molecule has 8 heteroatoms. The first-order valence-electron chi connectivity index (χ1n) is 7.39. The van der Waals surface area contributed by atoms with Gasteiger partial charge in [0.05, 0.1) is 6.61 Å². The molecule has 2 rings (SSSR count). The molecular formula is C16H19F2NO5. The second kappa shape index (κ2) is 6.82. The van der Waals surface area contributed by atoms with Gasteiger partial charge in [0.2, 0.25) is 0 Å². The zero-order valence-corrected chi connectivity index (χ0v) is 13.6. The molecule has 0 aliphatic carbocycles. The number of halogens is 2. The summed E-state index contributed by atoms with van der Waals surface area (Å²) in [5.41, 5.74) is -0.723. The molecule has 0 saturated carbocycles. The minimum atomic E-state index is -1.81. The summed E-state index contributed by atoms with van der Waals surface area (Å²) in [6.45, 7) is 4.97. The van der Waals surface area contributed by atoms with Crippen LogP contribution in [0.4, 0.5) is 14.5 Å². The lowest BCUT2D eigenvalue weighted by Crippen LogP contribution is -2.55. The van der Waals surface area contributed by atoms with Crippen molar-refractivity contribution in [2.75, 3.05) is 18.1 Å². The van der Waals surface area contributed by atoms with Crippen LogP contribution in [-0.4, -0.2) is 47.9 Å². The van der Waals surface area contributed by atoms with E-state index >= 15 is 0 Å². The summed E-state index contributed by atoms with van der Waals surface area (Å²) < 4.78 is 36.6. The van der Waals surface area contributed by atoms with Gasteiger partial charge < -0.3 is 19.5 Å². The van der Waals surface area contributed by atoms with E-state index in [0.29, 0.717) is 0 Å². The highest BCUT2D eigenvalue weighted by Gasteiger charge is 2.41. The largest absolute Gasteiger partial charge is 0.458 e. The molecule has 0 aromatic heterocycles. The van der Waals surface area contributed by atoms with Crippen LogP contribution in [0.3, 0.4) is 0 Å². The van der Waals surface area contributed by atoms with Gasteiger partial charge in [0.25, 0.3) is 5.91 Å². The number of aliphatic hydroxyl groups excluding tert-OH is 1. The highest BCUT2D eigenvalue weighted by Crippen LogP contribution is 2.23. The van der Waals surface area contributed by atoms with E-state index in [9.17, 15) is 23.5 Å². The third-order valence-electron chi connectivity index (χ3n) is 3.27. The van der Waals surface area contributed by atoms with Crippen molar-refractivity contribution in [3.8, 4) is 0 Å². The standard InChI is InChI=1S/C16H19F2NO5/c1-16(2,3)24-15(22)12(20)13-14(21)19(6-7-23-13)9-4-5-10(17)11(18)8-9/h4-5,8,12-13,20H,6-7H2,1-3H3/t12-,13-/m1/s1. The zero-order chi connectivity index (χ0) is 18.1. The van der Waals surface area contributed by atoms with Crippen LogP contribution in [0.1, 0.15) is 20.8 Å². The number of nitrogens with zero attached hydrogens (tertiary/aromatic N) is 1. The number of hydrogen-bond acceptors (Lipinski definition) is 5. The normalized spacial score (nSPS) is 20.0. The molecule has 1 fully saturated rings. The summed E-state index contributed by atoms with van der Waals surface area (Å²) in [5.74, 6) is -3.86.